The van der Waals surface area contributed by atoms with Crippen LogP contribution in [0.1, 0.15) is 22.8 Å². The summed E-state index contributed by atoms with van der Waals surface area (Å²) in [6.07, 6.45) is 6.02. The number of hydrogen-bond acceptors (Lipinski definition) is 8. The Labute approximate surface area is 205 Å². The number of carbonyl (C=O) groups is 1. The second kappa shape index (κ2) is 9.15. The average Bonchev–Trinajstić information content (AvgIpc) is 3.32. The highest BCUT2D eigenvalue weighted by atomic mass is 32.2. The van der Waals surface area contributed by atoms with Gasteiger partial charge in [0, 0.05) is 11.8 Å². The van der Waals surface area contributed by atoms with Crippen LogP contribution in [-0.2, 0) is 16.4 Å². The van der Waals surface area contributed by atoms with Gasteiger partial charge < -0.3 is 5.11 Å². The van der Waals surface area contributed by atoms with Crippen molar-refractivity contribution in [1.29, 1.82) is 0 Å². The number of aryl methyl sites for hydroxylation is 1. The SMILES string of the molecule is CCc1ccc(-c2[nH]nc3nc(-c4ncc(S(=O)(=O)Nc5cccnc5)cn4)cc(C(=O)O)c23)cc1. The van der Waals surface area contributed by atoms with Gasteiger partial charge in [0.25, 0.3) is 10.0 Å². The molecule has 180 valence electrons. The first-order chi connectivity index (χ1) is 17.4. The predicted molar refractivity (Wildman–Crippen MR) is 132 cm³/mol. The second-order valence-electron chi connectivity index (χ2n) is 7.80. The molecule has 0 saturated carbocycles. The Balaban J connectivity index is 1.52. The number of aromatic amines is 1. The van der Waals surface area contributed by atoms with Crippen LogP contribution < -0.4 is 4.72 Å². The fourth-order valence-corrected chi connectivity index (χ4v) is 4.58. The van der Waals surface area contributed by atoms with Crippen molar-refractivity contribution in [3.8, 4) is 22.8 Å². The molecule has 0 amide bonds. The van der Waals surface area contributed by atoms with E-state index in [4.69, 9.17) is 0 Å². The van der Waals surface area contributed by atoms with Gasteiger partial charge in [0.2, 0.25) is 0 Å². The molecular weight excluding hydrogens is 482 g/mol. The lowest BCUT2D eigenvalue weighted by Crippen LogP contribution is -2.14. The molecular formula is C24H19N7O4S. The lowest BCUT2D eigenvalue weighted by molar-refractivity contribution is 0.0699. The van der Waals surface area contributed by atoms with E-state index < -0.39 is 16.0 Å². The number of carboxylic acids is 1. The minimum atomic E-state index is -3.95. The van der Waals surface area contributed by atoms with E-state index >= 15 is 0 Å². The third kappa shape index (κ3) is 4.36. The Kier molecular flexibility index (Phi) is 5.86. The molecule has 5 aromatic rings. The quantitative estimate of drug-likeness (QED) is 0.302. The van der Waals surface area contributed by atoms with Gasteiger partial charge in [-0.2, -0.15) is 5.10 Å². The molecule has 3 N–H and O–H groups in total. The van der Waals surface area contributed by atoms with Crippen molar-refractivity contribution < 1.29 is 18.3 Å². The highest BCUT2D eigenvalue weighted by molar-refractivity contribution is 7.92. The molecule has 0 aliphatic carbocycles. The summed E-state index contributed by atoms with van der Waals surface area (Å²) in [5.41, 5.74) is 3.04. The highest BCUT2D eigenvalue weighted by Gasteiger charge is 2.21. The van der Waals surface area contributed by atoms with E-state index in [-0.39, 0.29) is 27.6 Å². The van der Waals surface area contributed by atoms with E-state index in [1.807, 2.05) is 24.3 Å². The Hall–Kier alpha value is -4.71. The number of fused-ring (bicyclic) bond motifs is 1. The van der Waals surface area contributed by atoms with E-state index in [0.29, 0.717) is 16.8 Å². The van der Waals surface area contributed by atoms with E-state index in [2.05, 4.69) is 41.8 Å². The number of H-pyrrole nitrogens is 1. The van der Waals surface area contributed by atoms with Gasteiger partial charge in [-0.1, -0.05) is 31.2 Å². The van der Waals surface area contributed by atoms with Crippen LogP contribution in [0, 0.1) is 0 Å². The fourth-order valence-electron chi connectivity index (χ4n) is 3.65. The third-order valence-corrected chi connectivity index (χ3v) is 6.82. The number of aromatic nitrogens is 6. The maximum absolute atomic E-state index is 12.6. The lowest BCUT2D eigenvalue weighted by Gasteiger charge is -2.08. The zero-order chi connectivity index (χ0) is 25.3. The van der Waals surface area contributed by atoms with Gasteiger partial charge in [0.15, 0.2) is 11.5 Å². The number of rotatable bonds is 7. The van der Waals surface area contributed by atoms with Crippen LogP contribution in [0.15, 0.2) is 72.1 Å². The minimum Gasteiger partial charge on any atom is -0.478 e. The molecule has 5 rings (SSSR count). The van der Waals surface area contributed by atoms with Crippen LogP contribution in [0.5, 0.6) is 0 Å². The Morgan fingerprint density at radius 1 is 1.08 bits per heavy atom. The van der Waals surface area contributed by atoms with Crippen molar-refractivity contribution in [3.63, 3.8) is 0 Å². The maximum Gasteiger partial charge on any atom is 0.336 e. The summed E-state index contributed by atoms with van der Waals surface area (Å²) in [6, 6.07) is 12.2. The Morgan fingerprint density at radius 3 is 2.47 bits per heavy atom. The standard InChI is InChI=1S/C24H19N7O4S/c1-2-14-5-7-15(8-6-14)21-20-18(24(32)33)10-19(28-23(20)30-29-21)22-26-12-17(13-27-22)36(34,35)31-16-4-3-9-25-11-16/h3-13,31H,2H2,1H3,(H,32,33)(H,28,29,30). The van der Waals surface area contributed by atoms with Crippen molar-refractivity contribution in [2.45, 2.75) is 18.2 Å². The number of sulfonamides is 1. The fraction of sp³-hybridized carbons (Fsp3) is 0.0833. The number of carboxylic acid groups (broad SMARTS) is 1. The third-order valence-electron chi connectivity index (χ3n) is 5.49. The number of nitrogens with one attached hydrogen (secondary N) is 2. The summed E-state index contributed by atoms with van der Waals surface area (Å²) < 4.78 is 27.6. The summed E-state index contributed by atoms with van der Waals surface area (Å²) in [7, 11) is -3.95. The highest BCUT2D eigenvalue weighted by Crippen LogP contribution is 2.31. The molecule has 12 heteroatoms. The van der Waals surface area contributed by atoms with Crippen molar-refractivity contribution in [2.24, 2.45) is 0 Å². The molecule has 0 spiro atoms. The number of nitrogens with zero attached hydrogens (tertiary/aromatic N) is 5. The monoisotopic (exact) mass is 501 g/mol. The van der Waals surface area contributed by atoms with Crippen molar-refractivity contribution >= 4 is 32.7 Å². The number of aromatic carboxylic acids is 1. The molecule has 0 fully saturated rings. The van der Waals surface area contributed by atoms with Gasteiger partial charge in [-0.05, 0) is 30.2 Å². The second-order valence-corrected chi connectivity index (χ2v) is 9.48. The molecule has 11 nitrogen and oxygen atoms in total. The smallest absolute Gasteiger partial charge is 0.336 e. The maximum atomic E-state index is 12.6. The van der Waals surface area contributed by atoms with Crippen molar-refractivity contribution in [2.75, 3.05) is 4.72 Å². The Morgan fingerprint density at radius 2 is 1.83 bits per heavy atom. The molecule has 4 heterocycles. The van der Waals surface area contributed by atoms with E-state index in [0.717, 1.165) is 29.9 Å². The molecule has 0 unspecified atom stereocenters. The van der Waals surface area contributed by atoms with Crippen molar-refractivity contribution in [3.05, 3.63) is 78.4 Å². The van der Waals surface area contributed by atoms with Gasteiger partial charge >= 0.3 is 5.97 Å². The van der Waals surface area contributed by atoms with Crippen LogP contribution in [0.2, 0.25) is 0 Å². The molecule has 0 aliphatic rings. The van der Waals surface area contributed by atoms with Gasteiger partial charge in [0.05, 0.1) is 40.9 Å². The summed E-state index contributed by atoms with van der Waals surface area (Å²) in [6.45, 7) is 2.05. The molecule has 1 aromatic carbocycles. The minimum absolute atomic E-state index is 0.0307. The topological polar surface area (TPSA) is 164 Å². The zero-order valence-electron chi connectivity index (χ0n) is 18.9. The first-order valence-corrected chi connectivity index (χ1v) is 12.3. The van der Waals surface area contributed by atoms with Crippen LogP contribution in [0.25, 0.3) is 33.8 Å². The number of hydrogen-bond donors (Lipinski definition) is 3. The molecule has 36 heavy (non-hydrogen) atoms. The molecule has 0 bridgehead atoms. The van der Waals surface area contributed by atoms with Crippen LogP contribution >= 0.6 is 0 Å². The summed E-state index contributed by atoms with van der Waals surface area (Å²) in [5.74, 6) is -1.12. The number of anilines is 1. The van der Waals surface area contributed by atoms with E-state index in [1.165, 1.54) is 18.5 Å². The van der Waals surface area contributed by atoms with Gasteiger partial charge in [-0.3, -0.25) is 14.8 Å². The average molecular weight is 502 g/mol. The predicted octanol–water partition coefficient (Wildman–Crippen LogP) is 3.54. The summed E-state index contributed by atoms with van der Waals surface area (Å²) in [4.78, 5) is 28.5. The van der Waals surface area contributed by atoms with Gasteiger partial charge in [0.1, 0.15) is 10.6 Å². The number of benzene rings is 1. The van der Waals surface area contributed by atoms with E-state index in [1.54, 1.807) is 12.1 Å². The largest absolute Gasteiger partial charge is 0.478 e. The molecule has 4 aromatic heterocycles. The molecule has 0 saturated heterocycles. The van der Waals surface area contributed by atoms with Crippen LogP contribution in [0.3, 0.4) is 0 Å². The summed E-state index contributed by atoms with van der Waals surface area (Å²) >= 11 is 0. The van der Waals surface area contributed by atoms with Gasteiger partial charge in [-0.15, -0.1) is 0 Å². The molecule has 0 radical (unpaired) electrons. The molecule has 0 aliphatic heterocycles. The first-order valence-electron chi connectivity index (χ1n) is 10.8. The van der Waals surface area contributed by atoms with E-state index in [9.17, 15) is 18.3 Å². The summed E-state index contributed by atoms with van der Waals surface area (Å²) in [5, 5.41) is 17.4. The normalized spacial score (nSPS) is 11.5. The van der Waals surface area contributed by atoms with Crippen LogP contribution in [0.4, 0.5) is 5.69 Å². The van der Waals surface area contributed by atoms with Gasteiger partial charge in [-0.25, -0.2) is 28.2 Å². The van der Waals surface area contributed by atoms with Crippen LogP contribution in [-0.4, -0.2) is 49.6 Å². The lowest BCUT2D eigenvalue weighted by atomic mass is 10.0. The van der Waals surface area contributed by atoms with Crippen molar-refractivity contribution in [1.82, 2.24) is 30.1 Å². The first kappa shape index (κ1) is 23.1. The molecule has 0 atom stereocenters. The Bertz CT molecular complexity index is 1670. The zero-order valence-corrected chi connectivity index (χ0v) is 19.7. The number of pyridine rings is 2.